The molecule has 0 N–H and O–H groups in total. The van der Waals surface area contributed by atoms with Crippen molar-refractivity contribution in [3.63, 3.8) is 0 Å². The van der Waals surface area contributed by atoms with Gasteiger partial charge in [-0.05, 0) is 64.0 Å². The molecule has 0 saturated heterocycles. The third-order valence-electron chi connectivity index (χ3n) is 7.40. The van der Waals surface area contributed by atoms with Gasteiger partial charge in [-0.3, -0.25) is 9.59 Å². The summed E-state index contributed by atoms with van der Waals surface area (Å²) in [6.45, 7) is 11.4. The molecule has 0 saturated carbocycles. The molecule has 32 heavy (non-hydrogen) atoms. The quantitative estimate of drug-likeness (QED) is 0.346. The molecule has 0 unspecified atom stereocenters. The molecule has 176 valence electrons. The van der Waals surface area contributed by atoms with Crippen molar-refractivity contribution >= 4 is 17.9 Å². The molecule has 6 nitrogen and oxygen atoms in total. The number of carbonyl (C=O) groups is 3. The lowest BCUT2D eigenvalue weighted by molar-refractivity contribution is -0.180. The molecular formula is C26H36O6. The van der Waals surface area contributed by atoms with Crippen LogP contribution < -0.4 is 0 Å². The van der Waals surface area contributed by atoms with Gasteiger partial charge in [-0.2, -0.15) is 0 Å². The molecule has 0 aromatic rings. The summed E-state index contributed by atoms with van der Waals surface area (Å²) < 4.78 is 17.6. The predicted molar refractivity (Wildman–Crippen MR) is 121 cm³/mol. The van der Waals surface area contributed by atoms with Crippen molar-refractivity contribution in [2.24, 2.45) is 11.3 Å². The highest BCUT2D eigenvalue weighted by Crippen LogP contribution is 2.52. The first kappa shape index (κ1) is 24.3. The maximum atomic E-state index is 12.6. The van der Waals surface area contributed by atoms with E-state index in [1.165, 1.54) is 6.92 Å². The molecule has 2 aliphatic carbocycles. The van der Waals surface area contributed by atoms with E-state index in [1.54, 1.807) is 0 Å². The highest BCUT2D eigenvalue weighted by Gasteiger charge is 2.54. The lowest BCUT2D eigenvalue weighted by atomic mass is 9.59. The Morgan fingerprint density at radius 3 is 2.56 bits per heavy atom. The largest absolute Gasteiger partial charge is 0.462 e. The second-order valence-corrected chi connectivity index (χ2v) is 9.66. The smallest absolute Gasteiger partial charge is 0.334 e. The maximum Gasteiger partial charge on any atom is 0.334 e. The molecule has 0 aromatic carbocycles. The van der Waals surface area contributed by atoms with Gasteiger partial charge in [0.2, 0.25) is 0 Å². The fourth-order valence-electron chi connectivity index (χ4n) is 5.45. The van der Waals surface area contributed by atoms with E-state index in [9.17, 15) is 14.4 Å². The van der Waals surface area contributed by atoms with Crippen molar-refractivity contribution in [1.82, 2.24) is 0 Å². The minimum atomic E-state index is -0.630. The van der Waals surface area contributed by atoms with Crippen LogP contribution in [0.5, 0.6) is 0 Å². The first-order valence-electron chi connectivity index (χ1n) is 11.7. The number of hydrogen-bond acceptors (Lipinski definition) is 6. The van der Waals surface area contributed by atoms with Crippen LogP contribution in [0.15, 0.2) is 34.4 Å². The summed E-state index contributed by atoms with van der Waals surface area (Å²) >= 11 is 0. The monoisotopic (exact) mass is 444 g/mol. The molecular weight excluding hydrogens is 408 g/mol. The zero-order chi connectivity index (χ0) is 23.6. The number of allylic oxidation sites excluding steroid dienone is 2. The second kappa shape index (κ2) is 9.63. The lowest BCUT2D eigenvalue weighted by Crippen LogP contribution is -2.54. The van der Waals surface area contributed by atoms with E-state index >= 15 is 0 Å². The Kier molecular flexibility index (Phi) is 7.31. The molecule has 0 fully saturated rings. The summed E-state index contributed by atoms with van der Waals surface area (Å²) in [6, 6.07) is 0. The summed E-state index contributed by atoms with van der Waals surface area (Å²) in [5.41, 5.74) is 3.22. The molecule has 0 amide bonds. The van der Waals surface area contributed by atoms with Gasteiger partial charge in [0.05, 0.1) is 0 Å². The number of hydrogen-bond donors (Lipinski definition) is 0. The molecule has 0 radical (unpaired) electrons. The minimum absolute atomic E-state index is 0.0613. The SMILES string of the molecule is CCCC(=O)O[C@H]1CC/C(C)=C\[C@@H]2OC(=O)C(C)=C2C[C@H]2C(C)=CC[C@H](OC(C)=O)[C@]12C. The van der Waals surface area contributed by atoms with E-state index in [2.05, 4.69) is 19.9 Å². The number of fused-ring (bicyclic) bond motifs is 2. The third kappa shape index (κ3) is 4.69. The Hall–Kier alpha value is -2.37. The van der Waals surface area contributed by atoms with Gasteiger partial charge in [0.15, 0.2) is 0 Å². The maximum absolute atomic E-state index is 12.6. The van der Waals surface area contributed by atoms with Crippen LogP contribution in [0.3, 0.4) is 0 Å². The van der Waals surface area contributed by atoms with Crippen LogP contribution in [-0.2, 0) is 28.6 Å². The summed E-state index contributed by atoms with van der Waals surface area (Å²) in [4.78, 5) is 37.0. The number of ether oxygens (including phenoxy) is 3. The van der Waals surface area contributed by atoms with Gasteiger partial charge in [0.1, 0.15) is 18.3 Å². The van der Waals surface area contributed by atoms with E-state index in [0.29, 0.717) is 44.1 Å². The third-order valence-corrected chi connectivity index (χ3v) is 7.40. The number of carbonyl (C=O) groups excluding carboxylic acids is 3. The molecule has 6 heteroatoms. The van der Waals surface area contributed by atoms with Crippen LogP contribution in [-0.4, -0.2) is 36.2 Å². The van der Waals surface area contributed by atoms with Crippen molar-refractivity contribution in [1.29, 1.82) is 0 Å². The zero-order valence-corrected chi connectivity index (χ0v) is 20.2. The summed E-state index contributed by atoms with van der Waals surface area (Å²) in [7, 11) is 0. The van der Waals surface area contributed by atoms with Crippen LogP contribution in [0.2, 0.25) is 0 Å². The Balaban J connectivity index is 2.13. The van der Waals surface area contributed by atoms with Crippen LogP contribution in [0.25, 0.3) is 0 Å². The van der Waals surface area contributed by atoms with Gasteiger partial charge in [0.25, 0.3) is 0 Å². The summed E-state index contributed by atoms with van der Waals surface area (Å²) in [5, 5.41) is 0. The van der Waals surface area contributed by atoms with Gasteiger partial charge in [-0.15, -0.1) is 0 Å². The first-order valence-corrected chi connectivity index (χ1v) is 11.7. The first-order chi connectivity index (χ1) is 15.1. The van der Waals surface area contributed by atoms with Crippen LogP contribution in [0, 0.1) is 11.3 Å². The van der Waals surface area contributed by atoms with E-state index < -0.39 is 17.6 Å². The molecule has 0 spiro atoms. The minimum Gasteiger partial charge on any atom is -0.462 e. The van der Waals surface area contributed by atoms with Crippen molar-refractivity contribution in [3.05, 3.63) is 34.4 Å². The van der Waals surface area contributed by atoms with E-state index in [1.807, 2.05) is 26.8 Å². The second-order valence-electron chi connectivity index (χ2n) is 9.66. The Morgan fingerprint density at radius 2 is 1.91 bits per heavy atom. The topological polar surface area (TPSA) is 78.9 Å². The number of esters is 3. The molecule has 5 atom stereocenters. The van der Waals surface area contributed by atoms with Crippen LogP contribution >= 0.6 is 0 Å². The van der Waals surface area contributed by atoms with Gasteiger partial charge in [-0.1, -0.05) is 31.1 Å². The van der Waals surface area contributed by atoms with Crippen molar-refractivity contribution < 1.29 is 28.6 Å². The highest BCUT2D eigenvalue weighted by atomic mass is 16.6. The van der Waals surface area contributed by atoms with Gasteiger partial charge < -0.3 is 14.2 Å². The Morgan fingerprint density at radius 1 is 1.19 bits per heavy atom. The zero-order valence-electron chi connectivity index (χ0n) is 20.2. The summed E-state index contributed by atoms with van der Waals surface area (Å²) in [5.74, 6) is -0.913. The fraction of sp³-hybridized carbons (Fsp3) is 0.654. The molecule has 0 bridgehead atoms. The summed E-state index contributed by atoms with van der Waals surface area (Å²) in [6.07, 6.45) is 6.47. The van der Waals surface area contributed by atoms with Gasteiger partial charge in [-0.25, -0.2) is 4.79 Å². The predicted octanol–water partition coefficient (Wildman–Crippen LogP) is 4.97. The normalized spacial score (nSPS) is 34.4. The molecule has 3 rings (SSSR count). The Labute approximate surface area is 191 Å². The number of rotatable bonds is 4. The van der Waals surface area contributed by atoms with Crippen LogP contribution in [0.4, 0.5) is 0 Å². The molecule has 0 aromatic heterocycles. The molecule has 3 aliphatic rings. The van der Waals surface area contributed by atoms with E-state index in [-0.39, 0.29) is 29.9 Å². The highest BCUT2D eigenvalue weighted by molar-refractivity contribution is 5.92. The lowest BCUT2D eigenvalue weighted by Gasteiger charge is -2.50. The Bertz CT molecular complexity index is 879. The van der Waals surface area contributed by atoms with Crippen LogP contribution in [0.1, 0.15) is 80.1 Å². The average molecular weight is 445 g/mol. The van der Waals surface area contributed by atoms with Crippen molar-refractivity contribution in [3.8, 4) is 0 Å². The van der Waals surface area contributed by atoms with E-state index in [4.69, 9.17) is 14.2 Å². The van der Waals surface area contributed by atoms with Crippen molar-refractivity contribution in [2.45, 2.75) is 98.4 Å². The van der Waals surface area contributed by atoms with Gasteiger partial charge >= 0.3 is 17.9 Å². The van der Waals surface area contributed by atoms with Gasteiger partial charge in [0, 0.05) is 30.8 Å². The van der Waals surface area contributed by atoms with E-state index in [0.717, 1.165) is 16.7 Å². The standard InChI is InChI=1S/C26H36O6/c1-7-8-24(28)32-23-11-9-15(2)13-21-19(17(4)25(29)31-21)14-20-16(3)10-12-22(26(20,23)6)30-18(5)27/h10,13,20-23H,7-9,11-12,14H2,1-6H3/b15-13-/t20-,21-,22-,23-,26+/m0/s1. The fourth-order valence-corrected chi connectivity index (χ4v) is 5.45. The molecule has 1 heterocycles. The van der Waals surface area contributed by atoms with Crippen molar-refractivity contribution in [2.75, 3.05) is 0 Å². The molecule has 1 aliphatic heterocycles. The average Bonchev–Trinajstić information content (AvgIpc) is 2.97.